The first-order valence-corrected chi connectivity index (χ1v) is 8.89. The van der Waals surface area contributed by atoms with Crippen LogP contribution in [0.5, 0.6) is 0 Å². The second-order valence-corrected chi connectivity index (χ2v) is 7.02. The fourth-order valence-electron chi connectivity index (χ4n) is 2.61. The molecule has 8 heteroatoms. The van der Waals surface area contributed by atoms with Gasteiger partial charge in [0.25, 0.3) is 5.91 Å². The van der Waals surface area contributed by atoms with Gasteiger partial charge in [-0.15, -0.1) is 11.8 Å². The summed E-state index contributed by atoms with van der Waals surface area (Å²) < 4.78 is 5.03. The molecule has 1 aromatic heterocycles. The van der Waals surface area contributed by atoms with Crippen molar-refractivity contribution < 1.29 is 19.1 Å². The molecule has 1 aromatic carbocycles. The molecule has 1 aliphatic rings. The van der Waals surface area contributed by atoms with Crippen LogP contribution in [0, 0.1) is 0 Å². The maximum absolute atomic E-state index is 11.8. The molecule has 3 rings (SSSR count). The van der Waals surface area contributed by atoms with Crippen molar-refractivity contribution in [3.8, 4) is 0 Å². The van der Waals surface area contributed by atoms with E-state index in [4.69, 9.17) is 4.42 Å². The average molecular weight is 361 g/mol. The first-order chi connectivity index (χ1) is 12.1. The summed E-state index contributed by atoms with van der Waals surface area (Å²) in [7, 11) is 0. The smallest absolute Gasteiger partial charge is 0.308 e. The summed E-state index contributed by atoms with van der Waals surface area (Å²) in [6, 6.07) is 10.9. The lowest BCUT2D eigenvalue weighted by Gasteiger charge is -2.28. The predicted molar refractivity (Wildman–Crippen MR) is 96.8 cm³/mol. The van der Waals surface area contributed by atoms with E-state index in [2.05, 4.69) is 16.0 Å². The van der Waals surface area contributed by atoms with Crippen LogP contribution in [0.2, 0.25) is 0 Å². The molecule has 0 saturated heterocycles. The lowest BCUT2D eigenvalue weighted by Crippen LogP contribution is -2.41. The molecule has 4 N–H and O–H groups in total. The Balaban J connectivity index is 1.49. The number of anilines is 2. The highest BCUT2D eigenvalue weighted by Crippen LogP contribution is 2.41. The average Bonchev–Trinajstić information content (AvgIpc) is 3.21. The number of rotatable bonds is 8. The van der Waals surface area contributed by atoms with Crippen molar-refractivity contribution in [2.75, 3.05) is 22.9 Å². The van der Waals surface area contributed by atoms with E-state index < -0.39 is 11.0 Å². The number of fused-ring (bicyclic) bond motifs is 1. The van der Waals surface area contributed by atoms with E-state index in [9.17, 15) is 14.7 Å². The summed E-state index contributed by atoms with van der Waals surface area (Å²) in [6.45, 7) is 0.489. The van der Waals surface area contributed by atoms with E-state index in [-0.39, 0.29) is 18.1 Å². The van der Waals surface area contributed by atoms with Gasteiger partial charge in [-0.2, -0.15) is 0 Å². The fourth-order valence-corrected chi connectivity index (χ4v) is 3.83. The number of aliphatic carboxylic acids is 1. The Morgan fingerprint density at radius 2 is 1.88 bits per heavy atom. The number of furan rings is 1. The first-order valence-electron chi connectivity index (χ1n) is 7.91. The molecule has 132 valence electrons. The van der Waals surface area contributed by atoms with Crippen molar-refractivity contribution in [3.05, 3.63) is 48.4 Å². The van der Waals surface area contributed by atoms with E-state index in [1.54, 1.807) is 12.1 Å². The third-order valence-electron chi connectivity index (χ3n) is 3.70. The molecule has 0 saturated carbocycles. The summed E-state index contributed by atoms with van der Waals surface area (Å²) >= 11 is 1.49. The number of carbonyl (C=O) groups is 2. The van der Waals surface area contributed by atoms with Gasteiger partial charge in [0.2, 0.25) is 0 Å². The number of benzene rings is 1. The number of nitrogens with one attached hydrogen (secondary N) is 3. The minimum atomic E-state index is -0.883. The van der Waals surface area contributed by atoms with Gasteiger partial charge in [0.1, 0.15) is 0 Å². The Bertz CT molecular complexity index is 723. The molecule has 1 amide bonds. The van der Waals surface area contributed by atoms with Crippen LogP contribution in [0.25, 0.3) is 0 Å². The largest absolute Gasteiger partial charge is 0.481 e. The van der Waals surface area contributed by atoms with Crippen LogP contribution in [-0.2, 0) is 4.79 Å². The van der Waals surface area contributed by atoms with Crippen LogP contribution in [0.1, 0.15) is 23.4 Å². The summed E-state index contributed by atoms with van der Waals surface area (Å²) in [5.74, 6) is -0.171. The van der Waals surface area contributed by atoms with Crippen molar-refractivity contribution in [3.63, 3.8) is 0 Å². The van der Waals surface area contributed by atoms with Gasteiger partial charge in [-0.25, -0.2) is 0 Å². The minimum absolute atomic E-state index is 0.0644. The van der Waals surface area contributed by atoms with Gasteiger partial charge in [0.15, 0.2) is 10.8 Å². The predicted octanol–water partition coefficient (Wildman–Crippen LogP) is 2.80. The van der Waals surface area contributed by atoms with Gasteiger partial charge < -0.3 is 25.5 Å². The van der Waals surface area contributed by atoms with Crippen molar-refractivity contribution in [2.24, 2.45) is 0 Å². The number of hydrogen-bond donors (Lipinski definition) is 4. The topological polar surface area (TPSA) is 104 Å². The summed E-state index contributed by atoms with van der Waals surface area (Å²) in [6.07, 6.45) is 2.10. The molecule has 0 atom stereocenters. The molecule has 0 unspecified atom stereocenters. The van der Waals surface area contributed by atoms with Gasteiger partial charge in [-0.05, 0) is 36.4 Å². The van der Waals surface area contributed by atoms with Crippen LogP contribution in [0.15, 0.2) is 47.1 Å². The second kappa shape index (κ2) is 7.52. The maximum Gasteiger partial charge on any atom is 0.308 e. The molecular formula is C17H19N3O4S. The Hall–Kier alpha value is -2.61. The number of carbonyl (C=O) groups excluding carboxylic acids is 1. The van der Waals surface area contributed by atoms with Crippen LogP contribution < -0.4 is 16.0 Å². The van der Waals surface area contributed by atoms with Gasteiger partial charge in [0, 0.05) is 6.54 Å². The Morgan fingerprint density at radius 1 is 1.16 bits per heavy atom. The minimum Gasteiger partial charge on any atom is -0.481 e. The van der Waals surface area contributed by atoms with Gasteiger partial charge in [-0.1, -0.05) is 12.1 Å². The number of carboxylic acid groups (broad SMARTS) is 1. The monoisotopic (exact) mass is 361 g/mol. The fraction of sp³-hybridized carbons (Fsp3) is 0.294. The summed E-state index contributed by atoms with van der Waals surface area (Å²) in [4.78, 5) is 22.3. The molecule has 2 aromatic rings. The van der Waals surface area contributed by atoms with Crippen LogP contribution in [0.3, 0.4) is 0 Å². The van der Waals surface area contributed by atoms with Crippen LogP contribution in [-0.4, -0.2) is 34.3 Å². The third-order valence-corrected chi connectivity index (χ3v) is 5.03. The quantitative estimate of drug-likeness (QED) is 0.536. The molecule has 25 heavy (non-hydrogen) atoms. The molecule has 7 nitrogen and oxygen atoms in total. The summed E-state index contributed by atoms with van der Waals surface area (Å²) in [5.41, 5.74) is 1.78. The van der Waals surface area contributed by atoms with Crippen molar-refractivity contribution >= 4 is 35.0 Å². The first kappa shape index (κ1) is 17.2. The molecule has 0 aliphatic carbocycles. The lowest BCUT2D eigenvalue weighted by molar-refractivity contribution is -0.137. The number of amides is 1. The number of para-hydroxylation sites is 2. The molecule has 1 aliphatic heterocycles. The molecule has 0 radical (unpaired) electrons. The van der Waals surface area contributed by atoms with Gasteiger partial charge in [-0.3, -0.25) is 9.59 Å². The Morgan fingerprint density at radius 3 is 2.48 bits per heavy atom. The number of hydrogen-bond acceptors (Lipinski definition) is 6. The van der Waals surface area contributed by atoms with E-state index >= 15 is 0 Å². The Labute approximate surface area is 149 Å². The molecular weight excluding hydrogens is 342 g/mol. The molecule has 0 bridgehead atoms. The molecule has 2 heterocycles. The molecule has 0 spiro atoms. The van der Waals surface area contributed by atoms with Gasteiger partial charge >= 0.3 is 5.97 Å². The van der Waals surface area contributed by atoms with Crippen molar-refractivity contribution in [1.29, 1.82) is 0 Å². The normalized spacial score (nSPS) is 14.2. The van der Waals surface area contributed by atoms with E-state index in [0.29, 0.717) is 18.7 Å². The standard InChI is InChI=1S/C17H19N3O4S/c21-15(22)11-17(19-12-5-1-2-6-13(12)20-17)25-10-4-8-18-16(23)14-7-3-9-24-14/h1-3,5-7,9,19-20H,4,8,10-11H2,(H,18,23)(H,21,22). The van der Waals surface area contributed by atoms with Crippen LogP contribution >= 0.6 is 11.8 Å². The maximum atomic E-state index is 11.8. The highest BCUT2D eigenvalue weighted by Gasteiger charge is 2.38. The van der Waals surface area contributed by atoms with Crippen molar-refractivity contribution in [1.82, 2.24) is 5.32 Å². The lowest BCUT2D eigenvalue weighted by atomic mass is 10.3. The van der Waals surface area contributed by atoms with Crippen LogP contribution in [0.4, 0.5) is 11.4 Å². The van der Waals surface area contributed by atoms with Crippen molar-refractivity contribution in [2.45, 2.75) is 17.8 Å². The zero-order chi connectivity index (χ0) is 17.7. The van der Waals surface area contributed by atoms with Gasteiger partial charge in [0.05, 0.1) is 24.1 Å². The third kappa shape index (κ3) is 4.27. The van der Waals surface area contributed by atoms with E-state index in [1.807, 2.05) is 24.3 Å². The number of carboxylic acids is 1. The van der Waals surface area contributed by atoms with E-state index in [1.165, 1.54) is 18.0 Å². The molecule has 0 fully saturated rings. The zero-order valence-corrected chi connectivity index (χ0v) is 14.3. The Kier molecular flexibility index (Phi) is 5.18. The highest BCUT2D eigenvalue weighted by molar-refractivity contribution is 8.00. The zero-order valence-electron chi connectivity index (χ0n) is 13.5. The summed E-state index contributed by atoms with van der Waals surface area (Å²) in [5, 5.41) is 18.6. The SMILES string of the molecule is O=C(O)CC1(SCCCNC(=O)c2ccco2)Nc2ccccc2N1. The number of thioether (sulfide) groups is 1. The van der Waals surface area contributed by atoms with E-state index in [0.717, 1.165) is 11.4 Å². The highest BCUT2D eigenvalue weighted by atomic mass is 32.2. The second-order valence-electron chi connectivity index (χ2n) is 5.63.